The maximum absolute atomic E-state index is 12.6. The molecule has 20 heavy (non-hydrogen) atoms. The van der Waals surface area contributed by atoms with E-state index in [1.165, 1.54) is 0 Å². The Morgan fingerprint density at radius 1 is 1.25 bits per heavy atom. The van der Waals surface area contributed by atoms with E-state index in [1.54, 1.807) is 12.1 Å². The third-order valence-electron chi connectivity index (χ3n) is 4.00. The summed E-state index contributed by atoms with van der Waals surface area (Å²) in [6.45, 7) is 5.52. The van der Waals surface area contributed by atoms with Gasteiger partial charge in [-0.2, -0.15) is 0 Å². The standard InChI is InChI=1S/C15H24N2O2S/c1-3-16-11-13-8-4-5-10-15(13)20(18,19)17-14-9-6-7-12(14)2/h4-5,8,10,12,14,16-17H,3,6-7,9,11H2,1-2H3. The number of rotatable bonds is 6. The van der Waals surface area contributed by atoms with Crippen molar-refractivity contribution in [2.45, 2.75) is 50.6 Å². The first-order chi connectivity index (χ1) is 9.54. The Morgan fingerprint density at radius 3 is 2.65 bits per heavy atom. The molecular weight excluding hydrogens is 272 g/mol. The van der Waals surface area contributed by atoms with Crippen molar-refractivity contribution in [1.82, 2.24) is 10.0 Å². The fraction of sp³-hybridized carbons (Fsp3) is 0.600. The molecular formula is C15H24N2O2S. The Morgan fingerprint density at radius 2 is 2.00 bits per heavy atom. The predicted octanol–water partition coefficient (Wildman–Crippen LogP) is 2.26. The first kappa shape index (κ1) is 15.5. The molecule has 112 valence electrons. The number of nitrogens with one attached hydrogen (secondary N) is 2. The molecule has 2 unspecified atom stereocenters. The maximum atomic E-state index is 12.6. The second kappa shape index (κ2) is 6.70. The highest BCUT2D eigenvalue weighted by molar-refractivity contribution is 7.89. The van der Waals surface area contributed by atoms with Gasteiger partial charge in [0.25, 0.3) is 0 Å². The molecule has 0 spiro atoms. The minimum atomic E-state index is -3.43. The highest BCUT2D eigenvalue weighted by Gasteiger charge is 2.29. The van der Waals surface area contributed by atoms with E-state index in [9.17, 15) is 8.42 Å². The Balaban J connectivity index is 2.20. The average molecular weight is 296 g/mol. The largest absolute Gasteiger partial charge is 0.313 e. The van der Waals surface area contributed by atoms with Crippen LogP contribution in [0.1, 0.15) is 38.7 Å². The van der Waals surface area contributed by atoms with Crippen molar-refractivity contribution in [3.8, 4) is 0 Å². The molecule has 1 aromatic carbocycles. The number of benzene rings is 1. The van der Waals surface area contributed by atoms with Gasteiger partial charge in [0.15, 0.2) is 0 Å². The summed E-state index contributed by atoms with van der Waals surface area (Å²) in [5, 5.41) is 3.19. The third kappa shape index (κ3) is 3.59. The van der Waals surface area contributed by atoms with Crippen LogP contribution in [-0.4, -0.2) is 21.0 Å². The number of hydrogen-bond donors (Lipinski definition) is 2. The van der Waals surface area contributed by atoms with Gasteiger partial charge < -0.3 is 5.32 Å². The van der Waals surface area contributed by atoms with Crippen molar-refractivity contribution < 1.29 is 8.42 Å². The lowest BCUT2D eigenvalue weighted by Gasteiger charge is -2.19. The van der Waals surface area contributed by atoms with Gasteiger partial charge in [0.05, 0.1) is 4.90 Å². The van der Waals surface area contributed by atoms with Crippen LogP contribution in [0.3, 0.4) is 0 Å². The molecule has 1 aliphatic carbocycles. The summed E-state index contributed by atoms with van der Waals surface area (Å²) in [6.07, 6.45) is 3.15. The summed E-state index contributed by atoms with van der Waals surface area (Å²) < 4.78 is 28.0. The fourth-order valence-electron chi connectivity index (χ4n) is 2.75. The minimum absolute atomic E-state index is 0.0761. The molecule has 4 nitrogen and oxygen atoms in total. The van der Waals surface area contributed by atoms with Crippen LogP contribution in [0.15, 0.2) is 29.2 Å². The van der Waals surface area contributed by atoms with Crippen LogP contribution in [0.2, 0.25) is 0 Å². The Labute approximate surface area is 122 Å². The summed E-state index contributed by atoms with van der Waals surface area (Å²) in [6, 6.07) is 7.29. The molecule has 5 heteroatoms. The van der Waals surface area contributed by atoms with E-state index in [1.807, 2.05) is 19.1 Å². The Bertz CT molecular complexity index is 543. The van der Waals surface area contributed by atoms with Crippen molar-refractivity contribution in [1.29, 1.82) is 0 Å². The van der Waals surface area contributed by atoms with Crippen LogP contribution in [0.5, 0.6) is 0 Å². The Hall–Kier alpha value is -0.910. The normalized spacial score (nSPS) is 23.1. The zero-order valence-corrected chi connectivity index (χ0v) is 13.0. The molecule has 0 amide bonds. The van der Waals surface area contributed by atoms with Crippen LogP contribution in [0.25, 0.3) is 0 Å². The summed E-state index contributed by atoms with van der Waals surface area (Å²) in [4.78, 5) is 0.403. The van der Waals surface area contributed by atoms with E-state index in [4.69, 9.17) is 0 Å². The monoisotopic (exact) mass is 296 g/mol. The average Bonchev–Trinajstić information content (AvgIpc) is 2.81. The second-order valence-electron chi connectivity index (χ2n) is 5.52. The van der Waals surface area contributed by atoms with Crippen molar-refractivity contribution in [3.05, 3.63) is 29.8 Å². The molecule has 1 aromatic rings. The molecule has 2 atom stereocenters. The lowest BCUT2D eigenvalue weighted by atomic mass is 10.1. The van der Waals surface area contributed by atoms with Crippen molar-refractivity contribution in [2.75, 3.05) is 6.54 Å². The van der Waals surface area contributed by atoms with E-state index in [2.05, 4.69) is 17.0 Å². The molecule has 0 aliphatic heterocycles. The highest BCUT2D eigenvalue weighted by Crippen LogP contribution is 2.27. The summed E-state index contributed by atoms with van der Waals surface area (Å²) >= 11 is 0. The van der Waals surface area contributed by atoms with E-state index in [0.717, 1.165) is 31.4 Å². The van der Waals surface area contributed by atoms with Crippen molar-refractivity contribution in [3.63, 3.8) is 0 Å². The molecule has 2 rings (SSSR count). The molecule has 0 radical (unpaired) electrons. The van der Waals surface area contributed by atoms with Crippen LogP contribution >= 0.6 is 0 Å². The summed E-state index contributed by atoms with van der Waals surface area (Å²) in [7, 11) is -3.43. The second-order valence-corrected chi connectivity index (χ2v) is 7.21. The molecule has 0 aromatic heterocycles. The van der Waals surface area contributed by atoms with Gasteiger partial charge >= 0.3 is 0 Å². The van der Waals surface area contributed by atoms with Gasteiger partial charge in [0.1, 0.15) is 0 Å². The molecule has 1 aliphatic rings. The van der Waals surface area contributed by atoms with E-state index in [-0.39, 0.29) is 6.04 Å². The lowest BCUT2D eigenvalue weighted by molar-refractivity contribution is 0.476. The summed E-state index contributed by atoms with van der Waals surface area (Å²) in [5.74, 6) is 0.422. The first-order valence-electron chi connectivity index (χ1n) is 7.35. The molecule has 1 fully saturated rings. The lowest BCUT2D eigenvalue weighted by Crippen LogP contribution is -2.37. The third-order valence-corrected chi connectivity index (χ3v) is 5.59. The molecule has 0 bridgehead atoms. The van der Waals surface area contributed by atoms with Crippen LogP contribution in [0, 0.1) is 5.92 Å². The topological polar surface area (TPSA) is 58.2 Å². The smallest absolute Gasteiger partial charge is 0.241 e. The van der Waals surface area contributed by atoms with Gasteiger partial charge in [-0.15, -0.1) is 0 Å². The van der Waals surface area contributed by atoms with E-state index >= 15 is 0 Å². The SMILES string of the molecule is CCNCc1ccccc1S(=O)(=O)NC1CCCC1C. The van der Waals surface area contributed by atoms with E-state index in [0.29, 0.717) is 17.4 Å². The van der Waals surface area contributed by atoms with Gasteiger partial charge in [-0.3, -0.25) is 0 Å². The quantitative estimate of drug-likeness (QED) is 0.846. The molecule has 2 N–H and O–H groups in total. The van der Waals surface area contributed by atoms with Gasteiger partial charge in [0.2, 0.25) is 10.0 Å². The van der Waals surface area contributed by atoms with Gasteiger partial charge in [-0.1, -0.05) is 38.5 Å². The zero-order valence-electron chi connectivity index (χ0n) is 12.2. The van der Waals surface area contributed by atoms with Crippen LogP contribution in [0.4, 0.5) is 0 Å². The van der Waals surface area contributed by atoms with Gasteiger partial charge in [-0.05, 0) is 36.9 Å². The first-order valence-corrected chi connectivity index (χ1v) is 8.84. The summed E-state index contributed by atoms with van der Waals surface area (Å²) in [5.41, 5.74) is 0.826. The predicted molar refractivity (Wildman–Crippen MR) is 80.9 cm³/mol. The molecule has 0 heterocycles. The van der Waals surface area contributed by atoms with Gasteiger partial charge in [-0.25, -0.2) is 13.1 Å². The van der Waals surface area contributed by atoms with Crippen molar-refractivity contribution >= 4 is 10.0 Å². The van der Waals surface area contributed by atoms with Crippen molar-refractivity contribution in [2.24, 2.45) is 5.92 Å². The molecule has 1 saturated carbocycles. The zero-order chi connectivity index (χ0) is 14.6. The number of sulfonamides is 1. The molecule has 0 saturated heterocycles. The minimum Gasteiger partial charge on any atom is -0.313 e. The van der Waals surface area contributed by atoms with Gasteiger partial charge in [0, 0.05) is 12.6 Å². The fourth-order valence-corrected chi connectivity index (χ4v) is 4.37. The number of hydrogen-bond acceptors (Lipinski definition) is 3. The van der Waals surface area contributed by atoms with E-state index < -0.39 is 10.0 Å². The van der Waals surface area contributed by atoms with Crippen LogP contribution < -0.4 is 10.0 Å². The maximum Gasteiger partial charge on any atom is 0.241 e. The Kier molecular flexibility index (Phi) is 5.18. The van der Waals surface area contributed by atoms with Crippen LogP contribution in [-0.2, 0) is 16.6 Å². The highest BCUT2D eigenvalue weighted by atomic mass is 32.2.